The van der Waals surface area contributed by atoms with Crippen molar-refractivity contribution in [2.24, 2.45) is 0 Å². The number of hydrogen-bond acceptors (Lipinski definition) is 3. The zero-order valence-electron chi connectivity index (χ0n) is 14.0. The number of thiophene rings is 1. The molecule has 3 rings (SSSR count). The van der Waals surface area contributed by atoms with Gasteiger partial charge < -0.3 is 10.2 Å². The fraction of sp³-hybridized carbons (Fsp3) is 0.421. The molecule has 122 valence electrons. The van der Waals surface area contributed by atoms with E-state index in [1.165, 1.54) is 21.6 Å². The molecule has 0 saturated carbocycles. The molecule has 1 amide bonds. The molecule has 23 heavy (non-hydrogen) atoms. The van der Waals surface area contributed by atoms with Crippen LogP contribution >= 0.6 is 11.3 Å². The molecule has 1 unspecified atom stereocenters. The zero-order valence-corrected chi connectivity index (χ0v) is 14.8. The Bertz CT molecular complexity index is 692. The summed E-state index contributed by atoms with van der Waals surface area (Å²) in [7, 11) is 0. The number of rotatable bonds is 4. The van der Waals surface area contributed by atoms with Gasteiger partial charge in [-0.05, 0) is 41.5 Å². The molecule has 0 spiro atoms. The molecule has 0 radical (unpaired) electrons. The van der Waals surface area contributed by atoms with E-state index in [0.29, 0.717) is 12.6 Å². The van der Waals surface area contributed by atoms with E-state index in [1.54, 1.807) is 0 Å². The van der Waals surface area contributed by atoms with Gasteiger partial charge in [-0.1, -0.05) is 38.1 Å². The molecule has 4 heteroatoms. The minimum atomic E-state index is 0.0488. The molecule has 1 aromatic heterocycles. The first-order chi connectivity index (χ1) is 11.1. The number of benzene rings is 1. The van der Waals surface area contributed by atoms with Gasteiger partial charge in [0.2, 0.25) is 5.91 Å². The largest absolute Gasteiger partial charge is 0.330 e. The van der Waals surface area contributed by atoms with Crippen molar-refractivity contribution in [3.8, 4) is 0 Å². The number of amides is 1. The average molecular weight is 328 g/mol. The highest BCUT2D eigenvalue weighted by Gasteiger charge is 2.33. The molecule has 0 saturated heterocycles. The van der Waals surface area contributed by atoms with E-state index in [0.717, 1.165) is 13.0 Å². The maximum atomic E-state index is 12.8. The van der Waals surface area contributed by atoms with E-state index in [1.807, 2.05) is 16.2 Å². The molecule has 2 heterocycles. The first-order valence-electron chi connectivity index (χ1n) is 8.22. The SMILES string of the molecule is Cc1ccccc1C1c2ccsc2CCN1C(=O)CNC(C)C. The van der Waals surface area contributed by atoms with E-state index in [9.17, 15) is 4.79 Å². The Labute approximate surface area is 142 Å². The molecular formula is C19H24N2OS. The molecule has 1 aliphatic rings. The second-order valence-corrected chi connectivity index (χ2v) is 7.43. The number of fused-ring (bicyclic) bond motifs is 1. The van der Waals surface area contributed by atoms with Gasteiger partial charge in [-0.2, -0.15) is 0 Å². The van der Waals surface area contributed by atoms with E-state index in [-0.39, 0.29) is 11.9 Å². The van der Waals surface area contributed by atoms with Crippen LogP contribution in [0.4, 0.5) is 0 Å². The molecule has 1 N–H and O–H groups in total. The number of aryl methyl sites for hydroxylation is 1. The molecule has 2 aromatic rings. The van der Waals surface area contributed by atoms with Crippen molar-refractivity contribution in [1.82, 2.24) is 10.2 Å². The van der Waals surface area contributed by atoms with Gasteiger partial charge >= 0.3 is 0 Å². The van der Waals surface area contributed by atoms with Gasteiger partial charge in [0.15, 0.2) is 0 Å². The molecule has 0 bridgehead atoms. The van der Waals surface area contributed by atoms with Crippen molar-refractivity contribution in [1.29, 1.82) is 0 Å². The summed E-state index contributed by atoms with van der Waals surface area (Å²) >= 11 is 1.81. The lowest BCUT2D eigenvalue weighted by atomic mass is 9.90. The Kier molecular flexibility index (Phi) is 4.83. The van der Waals surface area contributed by atoms with Crippen LogP contribution in [-0.4, -0.2) is 29.9 Å². The van der Waals surface area contributed by atoms with E-state index >= 15 is 0 Å². The molecule has 1 aromatic carbocycles. The van der Waals surface area contributed by atoms with Crippen molar-refractivity contribution in [2.75, 3.05) is 13.1 Å². The lowest BCUT2D eigenvalue weighted by Crippen LogP contribution is -2.45. The van der Waals surface area contributed by atoms with Gasteiger partial charge in [-0.15, -0.1) is 11.3 Å². The number of carbonyl (C=O) groups excluding carboxylic acids is 1. The van der Waals surface area contributed by atoms with Gasteiger partial charge in [0.25, 0.3) is 0 Å². The Hall–Kier alpha value is -1.65. The summed E-state index contributed by atoms with van der Waals surface area (Å²) in [5, 5.41) is 5.41. The van der Waals surface area contributed by atoms with Gasteiger partial charge in [-0.3, -0.25) is 4.79 Å². The van der Waals surface area contributed by atoms with Gasteiger partial charge in [0, 0.05) is 17.5 Å². The normalized spacial score (nSPS) is 17.4. The Morgan fingerprint density at radius 1 is 1.30 bits per heavy atom. The molecule has 3 nitrogen and oxygen atoms in total. The first kappa shape index (κ1) is 16.2. The Morgan fingerprint density at radius 2 is 2.09 bits per heavy atom. The van der Waals surface area contributed by atoms with Crippen LogP contribution in [0, 0.1) is 6.92 Å². The van der Waals surface area contributed by atoms with Gasteiger partial charge in [0.1, 0.15) is 0 Å². The summed E-state index contributed by atoms with van der Waals surface area (Å²) in [5.74, 6) is 0.184. The zero-order chi connectivity index (χ0) is 16.4. The third-order valence-corrected chi connectivity index (χ3v) is 5.43. The second kappa shape index (κ2) is 6.85. The van der Waals surface area contributed by atoms with Crippen molar-refractivity contribution >= 4 is 17.2 Å². The summed E-state index contributed by atoms with van der Waals surface area (Å²) in [4.78, 5) is 16.3. The summed E-state index contributed by atoms with van der Waals surface area (Å²) < 4.78 is 0. The highest BCUT2D eigenvalue weighted by molar-refractivity contribution is 7.10. The third kappa shape index (κ3) is 3.33. The van der Waals surface area contributed by atoms with Crippen molar-refractivity contribution < 1.29 is 4.79 Å². The number of nitrogens with zero attached hydrogens (tertiary/aromatic N) is 1. The van der Waals surface area contributed by atoms with Crippen LogP contribution in [0.2, 0.25) is 0 Å². The van der Waals surface area contributed by atoms with Crippen molar-refractivity contribution in [3.05, 3.63) is 57.3 Å². The molecule has 0 fully saturated rings. The van der Waals surface area contributed by atoms with E-state index in [4.69, 9.17) is 0 Å². The van der Waals surface area contributed by atoms with E-state index < -0.39 is 0 Å². The maximum absolute atomic E-state index is 12.8. The Balaban J connectivity index is 1.96. The Morgan fingerprint density at radius 3 is 2.83 bits per heavy atom. The fourth-order valence-corrected chi connectivity index (χ4v) is 4.11. The predicted octanol–water partition coefficient (Wildman–Crippen LogP) is 3.53. The van der Waals surface area contributed by atoms with Crippen LogP contribution in [0.3, 0.4) is 0 Å². The molecule has 1 atom stereocenters. The smallest absolute Gasteiger partial charge is 0.237 e. The standard InChI is InChI=1S/C19H24N2OS/c1-13(2)20-12-18(22)21-10-8-17-16(9-11-23-17)19(21)15-7-5-4-6-14(15)3/h4-7,9,11,13,19-20H,8,10,12H2,1-3H3. The van der Waals surface area contributed by atoms with Crippen LogP contribution in [0.1, 0.15) is 41.5 Å². The van der Waals surface area contributed by atoms with Crippen molar-refractivity contribution in [3.63, 3.8) is 0 Å². The summed E-state index contributed by atoms with van der Waals surface area (Å²) in [6.45, 7) is 7.47. The van der Waals surface area contributed by atoms with Crippen molar-refractivity contribution in [2.45, 2.75) is 39.3 Å². The van der Waals surface area contributed by atoms with Gasteiger partial charge in [-0.25, -0.2) is 0 Å². The van der Waals surface area contributed by atoms with E-state index in [2.05, 4.69) is 61.8 Å². The average Bonchev–Trinajstić information content (AvgIpc) is 3.01. The fourth-order valence-electron chi connectivity index (χ4n) is 3.21. The topological polar surface area (TPSA) is 32.3 Å². The maximum Gasteiger partial charge on any atom is 0.237 e. The monoisotopic (exact) mass is 328 g/mol. The third-order valence-electron chi connectivity index (χ3n) is 4.43. The van der Waals surface area contributed by atoms with Crippen LogP contribution in [0.15, 0.2) is 35.7 Å². The van der Waals surface area contributed by atoms with Gasteiger partial charge in [0.05, 0.1) is 12.6 Å². The number of hydrogen-bond donors (Lipinski definition) is 1. The lowest BCUT2D eigenvalue weighted by Gasteiger charge is -2.37. The minimum Gasteiger partial charge on any atom is -0.330 e. The lowest BCUT2D eigenvalue weighted by molar-refractivity contribution is -0.132. The quantitative estimate of drug-likeness (QED) is 0.931. The molecular weight excluding hydrogens is 304 g/mol. The summed E-state index contributed by atoms with van der Waals surface area (Å²) in [6, 6.07) is 11.0. The second-order valence-electron chi connectivity index (χ2n) is 6.43. The predicted molar refractivity (Wildman–Crippen MR) is 95.9 cm³/mol. The molecule has 0 aliphatic carbocycles. The summed E-state index contributed by atoms with van der Waals surface area (Å²) in [6.07, 6.45) is 0.961. The first-order valence-corrected chi connectivity index (χ1v) is 9.10. The summed E-state index contributed by atoms with van der Waals surface area (Å²) in [5.41, 5.74) is 3.78. The van der Waals surface area contributed by atoms with Crippen LogP contribution in [0.25, 0.3) is 0 Å². The van der Waals surface area contributed by atoms with Crippen LogP contribution < -0.4 is 5.32 Å². The minimum absolute atomic E-state index is 0.0488. The highest BCUT2D eigenvalue weighted by atomic mass is 32.1. The molecule has 1 aliphatic heterocycles. The highest BCUT2D eigenvalue weighted by Crippen LogP contribution is 2.38. The van der Waals surface area contributed by atoms with Crippen LogP contribution in [0.5, 0.6) is 0 Å². The number of nitrogens with one attached hydrogen (secondary N) is 1. The number of carbonyl (C=O) groups is 1. The van der Waals surface area contributed by atoms with Crippen LogP contribution in [-0.2, 0) is 11.2 Å².